The van der Waals surface area contributed by atoms with Gasteiger partial charge in [0.25, 0.3) is 0 Å². The molecule has 0 fully saturated rings. The monoisotopic (exact) mass is 275 g/mol. The number of carbonyl (C=O) groups excluding carboxylic acids is 1. The summed E-state index contributed by atoms with van der Waals surface area (Å²) in [6.07, 6.45) is 3.77. The fourth-order valence-electron chi connectivity index (χ4n) is 2.71. The summed E-state index contributed by atoms with van der Waals surface area (Å²) in [5.41, 5.74) is 1.93. The Labute approximate surface area is 121 Å². The summed E-state index contributed by atoms with van der Waals surface area (Å²) in [6.45, 7) is 0. The van der Waals surface area contributed by atoms with Crippen molar-refractivity contribution in [2.45, 2.75) is 6.23 Å². The van der Waals surface area contributed by atoms with E-state index < -0.39 is 12.1 Å². The van der Waals surface area contributed by atoms with Gasteiger partial charge < -0.3 is 5.11 Å². The summed E-state index contributed by atoms with van der Waals surface area (Å²) < 4.78 is 0. The number of hydrogen-bond acceptors (Lipinski definition) is 3. The van der Waals surface area contributed by atoms with E-state index in [2.05, 4.69) is 4.99 Å². The molecule has 2 aromatic rings. The second kappa shape index (κ2) is 4.40. The molecule has 0 saturated carbocycles. The van der Waals surface area contributed by atoms with Crippen LogP contribution in [0.3, 0.4) is 0 Å². The van der Waals surface area contributed by atoms with Gasteiger partial charge in [-0.25, -0.2) is 0 Å². The summed E-state index contributed by atoms with van der Waals surface area (Å²) in [7, 11) is 0. The van der Waals surface area contributed by atoms with E-state index in [0.717, 1.165) is 21.9 Å². The Hall–Kier alpha value is -2.72. The summed E-state index contributed by atoms with van der Waals surface area (Å²) in [5, 5.41) is 13.7. The molecular formula is C17H11N2O2-. The van der Waals surface area contributed by atoms with Gasteiger partial charge in [-0.1, -0.05) is 42.5 Å². The van der Waals surface area contributed by atoms with E-state index in [-0.39, 0.29) is 0 Å². The predicted molar refractivity (Wildman–Crippen MR) is 79.1 cm³/mol. The molecule has 4 nitrogen and oxygen atoms in total. The molecule has 0 saturated heterocycles. The van der Waals surface area contributed by atoms with Gasteiger partial charge in [0.2, 0.25) is 5.91 Å². The van der Waals surface area contributed by atoms with Crippen molar-refractivity contribution >= 4 is 28.1 Å². The molecule has 4 rings (SSSR count). The second-order valence-corrected chi connectivity index (χ2v) is 4.99. The van der Waals surface area contributed by atoms with Gasteiger partial charge in [-0.15, -0.1) is 0 Å². The minimum absolute atomic E-state index is 0.420. The SMILES string of the molecule is O=C1C([O-])N=C2C=CC(c3cccc4ccccc34)=CN12. The van der Waals surface area contributed by atoms with Crippen LogP contribution < -0.4 is 5.11 Å². The fraction of sp³-hybridized carbons (Fsp3) is 0.0588. The van der Waals surface area contributed by atoms with Gasteiger partial charge in [-0.05, 0) is 34.1 Å². The van der Waals surface area contributed by atoms with Crippen molar-refractivity contribution in [3.05, 3.63) is 66.4 Å². The summed E-state index contributed by atoms with van der Waals surface area (Å²) in [4.78, 5) is 16.9. The highest BCUT2D eigenvalue weighted by atomic mass is 16.3. The van der Waals surface area contributed by atoms with Crippen LogP contribution in [-0.4, -0.2) is 22.9 Å². The van der Waals surface area contributed by atoms with Crippen LogP contribution >= 0.6 is 0 Å². The Balaban J connectivity index is 1.86. The Morgan fingerprint density at radius 1 is 1.05 bits per heavy atom. The molecule has 1 atom stereocenters. The lowest BCUT2D eigenvalue weighted by molar-refractivity contribution is -0.400. The van der Waals surface area contributed by atoms with Crippen LogP contribution in [0.25, 0.3) is 16.3 Å². The van der Waals surface area contributed by atoms with Crippen molar-refractivity contribution < 1.29 is 9.90 Å². The van der Waals surface area contributed by atoms with Crippen LogP contribution in [0.1, 0.15) is 5.56 Å². The van der Waals surface area contributed by atoms with E-state index in [4.69, 9.17) is 0 Å². The number of allylic oxidation sites excluding steroid dienone is 2. The molecule has 2 heterocycles. The van der Waals surface area contributed by atoms with Crippen LogP contribution in [0, 0.1) is 0 Å². The van der Waals surface area contributed by atoms with Gasteiger partial charge in [0, 0.05) is 6.20 Å². The van der Waals surface area contributed by atoms with Gasteiger partial charge in [0.1, 0.15) is 5.84 Å². The van der Waals surface area contributed by atoms with Gasteiger partial charge in [0.05, 0.1) is 6.23 Å². The fourth-order valence-corrected chi connectivity index (χ4v) is 2.71. The van der Waals surface area contributed by atoms with Crippen LogP contribution in [-0.2, 0) is 4.79 Å². The maximum Gasteiger partial charge on any atom is 0.240 e. The summed E-state index contributed by atoms with van der Waals surface area (Å²) >= 11 is 0. The van der Waals surface area contributed by atoms with Crippen molar-refractivity contribution in [1.82, 2.24) is 4.90 Å². The minimum Gasteiger partial charge on any atom is -0.827 e. The molecule has 0 radical (unpaired) electrons. The van der Waals surface area contributed by atoms with E-state index in [1.165, 1.54) is 4.90 Å². The molecule has 2 aliphatic heterocycles. The van der Waals surface area contributed by atoms with Crippen molar-refractivity contribution in [2.75, 3.05) is 0 Å². The van der Waals surface area contributed by atoms with Gasteiger partial charge in [-0.2, -0.15) is 0 Å². The molecule has 0 spiro atoms. The molecule has 0 aliphatic carbocycles. The number of aliphatic imine (C=N–C) groups is 1. The third-order valence-corrected chi connectivity index (χ3v) is 3.73. The van der Waals surface area contributed by atoms with E-state index in [9.17, 15) is 9.90 Å². The zero-order chi connectivity index (χ0) is 14.4. The summed E-state index contributed by atoms with van der Waals surface area (Å²) in [5.74, 6) is -0.101. The molecule has 0 N–H and O–H groups in total. The Morgan fingerprint density at radius 3 is 2.76 bits per heavy atom. The molecule has 4 heteroatoms. The molecule has 21 heavy (non-hydrogen) atoms. The highest BCUT2D eigenvalue weighted by Gasteiger charge is 2.27. The number of nitrogens with zero attached hydrogens (tertiary/aromatic N) is 2. The average molecular weight is 275 g/mol. The molecule has 2 aliphatic rings. The van der Waals surface area contributed by atoms with Crippen molar-refractivity contribution in [3.63, 3.8) is 0 Å². The zero-order valence-electron chi connectivity index (χ0n) is 11.1. The quantitative estimate of drug-likeness (QED) is 0.795. The normalized spacial score (nSPS) is 20.5. The van der Waals surface area contributed by atoms with Gasteiger partial charge in [-0.3, -0.25) is 14.7 Å². The molecular weight excluding hydrogens is 264 g/mol. The topological polar surface area (TPSA) is 55.7 Å². The van der Waals surface area contributed by atoms with E-state index in [1.54, 1.807) is 12.3 Å². The molecule has 102 valence electrons. The predicted octanol–water partition coefficient (Wildman–Crippen LogP) is 1.68. The summed E-state index contributed by atoms with van der Waals surface area (Å²) in [6, 6.07) is 14.1. The highest BCUT2D eigenvalue weighted by Crippen LogP contribution is 2.29. The number of rotatable bonds is 1. The molecule has 2 aromatic carbocycles. The highest BCUT2D eigenvalue weighted by molar-refractivity contribution is 6.14. The third kappa shape index (κ3) is 1.80. The number of hydrogen-bond donors (Lipinski definition) is 0. The first-order valence-electron chi connectivity index (χ1n) is 6.69. The van der Waals surface area contributed by atoms with Crippen LogP contribution in [0.15, 0.2) is 65.8 Å². The zero-order valence-corrected chi connectivity index (χ0v) is 11.1. The number of fused-ring (bicyclic) bond motifs is 2. The smallest absolute Gasteiger partial charge is 0.240 e. The lowest BCUT2D eigenvalue weighted by Gasteiger charge is -2.20. The minimum atomic E-state index is -1.53. The van der Waals surface area contributed by atoms with Crippen molar-refractivity contribution in [2.24, 2.45) is 4.99 Å². The molecule has 1 unspecified atom stereocenters. The number of amidine groups is 1. The first-order chi connectivity index (χ1) is 10.2. The van der Waals surface area contributed by atoms with E-state index in [1.807, 2.05) is 48.5 Å². The maximum absolute atomic E-state index is 11.8. The molecule has 0 aromatic heterocycles. The number of benzene rings is 2. The van der Waals surface area contributed by atoms with Gasteiger partial charge >= 0.3 is 0 Å². The Kier molecular flexibility index (Phi) is 2.52. The van der Waals surface area contributed by atoms with Crippen LogP contribution in [0.4, 0.5) is 0 Å². The largest absolute Gasteiger partial charge is 0.827 e. The first kappa shape index (κ1) is 12.1. The standard InChI is InChI=1S/C17H11N2O2/c20-16-17(21)19-10-12(8-9-15(19)18-16)14-7-3-5-11-4-1-2-6-13(11)14/h1-10,16H/q-1. The lowest BCUT2D eigenvalue weighted by atomic mass is 9.97. The van der Waals surface area contributed by atoms with Gasteiger partial charge in [0.15, 0.2) is 0 Å². The maximum atomic E-state index is 11.8. The Bertz CT molecular complexity index is 843. The van der Waals surface area contributed by atoms with E-state index >= 15 is 0 Å². The van der Waals surface area contributed by atoms with Crippen LogP contribution in [0.2, 0.25) is 0 Å². The van der Waals surface area contributed by atoms with Crippen molar-refractivity contribution in [1.29, 1.82) is 0 Å². The molecule has 0 bridgehead atoms. The van der Waals surface area contributed by atoms with Crippen molar-refractivity contribution in [3.8, 4) is 0 Å². The Morgan fingerprint density at radius 2 is 1.86 bits per heavy atom. The number of amides is 1. The average Bonchev–Trinajstić information content (AvgIpc) is 2.81. The molecule has 1 amide bonds. The lowest BCUT2D eigenvalue weighted by Crippen LogP contribution is -2.37. The van der Waals surface area contributed by atoms with E-state index in [0.29, 0.717) is 5.84 Å². The number of carbonyl (C=O) groups is 1. The first-order valence-corrected chi connectivity index (χ1v) is 6.69. The second-order valence-electron chi connectivity index (χ2n) is 4.99. The third-order valence-electron chi connectivity index (χ3n) is 3.73. The van der Waals surface area contributed by atoms with Crippen LogP contribution in [0.5, 0.6) is 0 Å².